The van der Waals surface area contributed by atoms with Crippen LogP contribution in [0.4, 0.5) is 0 Å². The first-order valence-corrected chi connectivity index (χ1v) is 12.0. The third-order valence-corrected chi connectivity index (χ3v) is 6.57. The molecule has 0 aliphatic heterocycles. The molecule has 1 aromatic carbocycles. The smallest absolute Gasteiger partial charge is 0.119 e. The van der Waals surface area contributed by atoms with Gasteiger partial charge in [-0.05, 0) is 73.4 Å². The fourth-order valence-corrected chi connectivity index (χ4v) is 4.42. The molecule has 0 radical (unpaired) electrons. The van der Waals surface area contributed by atoms with E-state index in [0.29, 0.717) is 0 Å². The molecule has 0 atom stereocenters. The maximum absolute atomic E-state index is 6.08. The summed E-state index contributed by atoms with van der Waals surface area (Å²) in [6, 6.07) is 12.8. The zero-order valence-electron chi connectivity index (χ0n) is 18.5. The lowest BCUT2D eigenvalue weighted by Gasteiger charge is -2.27. The maximum atomic E-state index is 6.08. The van der Waals surface area contributed by atoms with E-state index in [2.05, 4.69) is 55.2 Å². The Morgan fingerprint density at radius 1 is 0.828 bits per heavy atom. The summed E-state index contributed by atoms with van der Waals surface area (Å²) >= 11 is 0. The Balaban J connectivity index is 1.43. The predicted octanol–water partition coefficient (Wildman–Crippen LogP) is 7.86. The minimum absolute atomic E-state index is 0.730. The highest BCUT2D eigenvalue weighted by Gasteiger charge is 2.20. The Hall–Kier alpha value is -1.83. The summed E-state index contributed by atoms with van der Waals surface area (Å²) in [5, 5.41) is 0. The molecule has 0 saturated heterocycles. The second kappa shape index (κ2) is 12.0. The third kappa shape index (κ3) is 7.17. The second-order valence-electron chi connectivity index (χ2n) is 8.85. The molecule has 0 bridgehead atoms. The molecule has 1 aliphatic carbocycles. The van der Waals surface area contributed by atoms with Crippen LogP contribution in [-0.4, -0.2) is 11.6 Å². The van der Waals surface area contributed by atoms with Crippen molar-refractivity contribution in [3.8, 4) is 17.0 Å². The molecule has 0 amide bonds. The standard InChI is InChI=1S/C27H39NO/c1-3-5-6-7-8-9-23-14-19-27(28-20-23)25-15-17-26(18-16-25)29-21-24-12-10-22(4-2)11-13-24/h14-20,22,24H,3-13,21H2,1-2H3. The zero-order valence-corrected chi connectivity index (χ0v) is 18.5. The summed E-state index contributed by atoms with van der Waals surface area (Å²) in [5.41, 5.74) is 3.56. The van der Waals surface area contributed by atoms with Gasteiger partial charge in [-0.3, -0.25) is 4.98 Å². The van der Waals surface area contributed by atoms with Gasteiger partial charge in [-0.25, -0.2) is 0 Å². The van der Waals surface area contributed by atoms with Crippen LogP contribution < -0.4 is 4.74 Å². The van der Waals surface area contributed by atoms with Crippen LogP contribution in [-0.2, 0) is 6.42 Å². The number of rotatable bonds is 11. The van der Waals surface area contributed by atoms with E-state index in [1.807, 2.05) is 6.20 Å². The molecule has 0 unspecified atom stereocenters. The van der Waals surface area contributed by atoms with Crippen molar-refractivity contribution < 1.29 is 4.74 Å². The summed E-state index contributed by atoms with van der Waals surface area (Å²) in [6.07, 6.45) is 16.6. The lowest BCUT2D eigenvalue weighted by molar-refractivity contribution is 0.181. The first-order valence-electron chi connectivity index (χ1n) is 12.0. The van der Waals surface area contributed by atoms with E-state index >= 15 is 0 Å². The fraction of sp³-hybridized carbons (Fsp3) is 0.593. The van der Waals surface area contributed by atoms with E-state index < -0.39 is 0 Å². The quantitative estimate of drug-likeness (QED) is 0.362. The Morgan fingerprint density at radius 3 is 2.21 bits per heavy atom. The van der Waals surface area contributed by atoms with Crippen LogP contribution in [0.3, 0.4) is 0 Å². The molecule has 2 aromatic rings. The lowest BCUT2D eigenvalue weighted by atomic mass is 9.81. The molecule has 0 N–H and O–H groups in total. The Labute approximate surface area is 178 Å². The number of aryl methyl sites for hydroxylation is 1. The SMILES string of the molecule is CCCCCCCc1ccc(-c2ccc(OCC3CCC(CC)CC3)cc2)nc1. The number of benzene rings is 1. The Morgan fingerprint density at radius 2 is 1.55 bits per heavy atom. The van der Waals surface area contributed by atoms with Gasteiger partial charge < -0.3 is 4.74 Å². The van der Waals surface area contributed by atoms with E-state index in [9.17, 15) is 0 Å². The molecule has 29 heavy (non-hydrogen) atoms. The number of unbranched alkanes of at least 4 members (excludes halogenated alkanes) is 4. The van der Waals surface area contributed by atoms with Crippen molar-refractivity contribution in [2.75, 3.05) is 6.61 Å². The van der Waals surface area contributed by atoms with Crippen LogP contribution in [0.1, 0.15) is 83.6 Å². The summed E-state index contributed by atoms with van der Waals surface area (Å²) in [5.74, 6) is 2.66. The van der Waals surface area contributed by atoms with Gasteiger partial charge in [-0.15, -0.1) is 0 Å². The Kier molecular flexibility index (Phi) is 9.05. The van der Waals surface area contributed by atoms with E-state index in [4.69, 9.17) is 4.74 Å². The topological polar surface area (TPSA) is 22.1 Å². The lowest BCUT2D eigenvalue weighted by Crippen LogP contribution is -2.19. The van der Waals surface area contributed by atoms with Crippen molar-refractivity contribution in [2.45, 2.75) is 84.5 Å². The molecule has 1 aliphatic rings. The van der Waals surface area contributed by atoms with E-state index in [0.717, 1.165) is 41.9 Å². The molecule has 158 valence electrons. The maximum Gasteiger partial charge on any atom is 0.119 e. The molecular formula is C27H39NO. The predicted molar refractivity (Wildman–Crippen MR) is 123 cm³/mol. The first-order chi connectivity index (χ1) is 14.3. The fourth-order valence-electron chi connectivity index (χ4n) is 4.42. The number of aromatic nitrogens is 1. The average molecular weight is 394 g/mol. The van der Waals surface area contributed by atoms with Crippen molar-refractivity contribution in [3.05, 3.63) is 48.2 Å². The normalized spacial score (nSPS) is 19.2. The van der Waals surface area contributed by atoms with Gasteiger partial charge in [0.05, 0.1) is 12.3 Å². The van der Waals surface area contributed by atoms with Crippen LogP contribution in [0.25, 0.3) is 11.3 Å². The van der Waals surface area contributed by atoms with Gasteiger partial charge in [0, 0.05) is 11.8 Å². The van der Waals surface area contributed by atoms with Crippen molar-refractivity contribution in [1.82, 2.24) is 4.98 Å². The molecule has 1 aromatic heterocycles. The zero-order chi connectivity index (χ0) is 20.3. The third-order valence-electron chi connectivity index (χ3n) is 6.57. The van der Waals surface area contributed by atoms with Crippen molar-refractivity contribution >= 4 is 0 Å². The highest BCUT2D eigenvalue weighted by Crippen LogP contribution is 2.31. The first kappa shape index (κ1) is 21.9. The molecule has 1 saturated carbocycles. The van der Waals surface area contributed by atoms with Gasteiger partial charge in [-0.1, -0.05) is 64.9 Å². The van der Waals surface area contributed by atoms with Gasteiger partial charge in [-0.2, -0.15) is 0 Å². The van der Waals surface area contributed by atoms with Crippen LogP contribution in [0, 0.1) is 11.8 Å². The van der Waals surface area contributed by atoms with Crippen molar-refractivity contribution in [3.63, 3.8) is 0 Å². The molecular weight excluding hydrogens is 354 g/mol. The van der Waals surface area contributed by atoms with Crippen LogP contribution >= 0.6 is 0 Å². The van der Waals surface area contributed by atoms with Crippen molar-refractivity contribution in [2.24, 2.45) is 11.8 Å². The van der Waals surface area contributed by atoms with E-state index in [-0.39, 0.29) is 0 Å². The van der Waals surface area contributed by atoms with Crippen molar-refractivity contribution in [1.29, 1.82) is 0 Å². The molecule has 0 spiro atoms. The number of hydrogen-bond donors (Lipinski definition) is 0. The van der Waals surface area contributed by atoms with Gasteiger partial charge in [0.1, 0.15) is 5.75 Å². The van der Waals surface area contributed by atoms with Crippen LogP contribution in [0.5, 0.6) is 5.75 Å². The monoisotopic (exact) mass is 393 g/mol. The highest BCUT2D eigenvalue weighted by atomic mass is 16.5. The number of ether oxygens (including phenoxy) is 1. The van der Waals surface area contributed by atoms with Gasteiger partial charge in [0.2, 0.25) is 0 Å². The Bertz CT molecular complexity index is 683. The summed E-state index contributed by atoms with van der Waals surface area (Å²) in [7, 11) is 0. The summed E-state index contributed by atoms with van der Waals surface area (Å²) < 4.78 is 6.08. The van der Waals surface area contributed by atoms with Gasteiger partial charge in [0.25, 0.3) is 0 Å². The number of pyridine rings is 1. The number of nitrogens with zero attached hydrogens (tertiary/aromatic N) is 1. The minimum atomic E-state index is 0.730. The summed E-state index contributed by atoms with van der Waals surface area (Å²) in [6.45, 7) is 5.45. The summed E-state index contributed by atoms with van der Waals surface area (Å²) in [4.78, 5) is 4.69. The average Bonchev–Trinajstić information content (AvgIpc) is 2.79. The van der Waals surface area contributed by atoms with Crippen LogP contribution in [0.15, 0.2) is 42.6 Å². The highest BCUT2D eigenvalue weighted by molar-refractivity contribution is 5.60. The molecule has 2 nitrogen and oxygen atoms in total. The van der Waals surface area contributed by atoms with E-state index in [1.54, 1.807) is 0 Å². The minimum Gasteiger partial charge on any atom is -0.493 e. The largest absolute Gasteiger partial charge is 0.493 e. The molecule has 2 heteroatoms. The molecule has 1 fully saturated rings. The van der Waals surface area contributed by atoms with Crippen LogP contribution in [0.2, 0.25) is 0 Å². The van der Waals surface area contributed by atoms with Gasteiger partial charge in [0.15, 0.2) is 0 Å². The number of hydrogen-bond acceptors (Lipinski definition) is 2. The second-order valence-corrected chi connectivity index (χ2v) is 8.85. The molecule has 3 rings (SSSR count). The van der Waals surface area contributed by atoms with E-state index in [1.165, 1.54) is 69.8 Å². The van der Waals surface area contributed by atoms with Gasteiger partial charge >= 0.3 is 0 Å². The molecule has 1 heterocycles.